The monoisotopic (exact) mass is 193 g/mol. The minimum Gasteiger partial charge on any atom is -0.412 e. The molecule has 1 fully saturated rings. The third kappa shape index (κ3) is 3.52. The summed E-state index contributed by atoms with van der Waals surface area (Å²) in [6.45, 7) is 0. The van der Waals surface area contributed by atoms with Crippen LogP contribution in [-0.4, -0.2) is 18.2 Å². The molecule has 0 aliphatic heterocycles. The van der Waals surface area contributed by atoms with Gasteiger partial charge in [-0.3, -0.25) is 0 Å². The van der Waals surface area contributed by atoms with Crippen LogP contribution in [0.1, 0.15) is 25.7 Å². The summed E-state index contributed by atoms with van der Waals surface area (Å²) in [4.78, 5) is 0. The lowest BCUT2D eigenvalue weighted by atomic mass is 9.58. The van der Waals surface area contributed by atoms with E-state index in [1.807, 2.05) is 0 Å². The van der Waals surface area contributed by atoms with E-state index in [1.54, 1.807) is 0 Å². The average Bonchev–Trinajstić information content (AvgIpc) is 2.59. The Morgan fingerprint density at radius 1 is 0.929 bits per heavy atom. The first-order valence-corrected chi connectivity index (χ1v) is 4.85. The number of hydrogen-bond acceptors (Lipinski definition) is 0. The largest absolute Gasteiger partial charge is 0.412 e. The maximum atomic E-state index is 2.42. The topological polar surface area (TPSA) is 63.0 Å². The normalized spacial score (nSPS) is 15.4. The highest BCUT2D eigenvalue weighted by molar-refractivity contribution is 6.55. The molecule has 1 radical (unpaired) electrons. The van der Waals surface area contributed by atoms with E-state index in [9.17, 15) is 0 Å². The molecule has 77 valence electrons. The van der Waals surface area contributed by atoms with Crippen LogP contribution in [0.15, 0.2) is 30.3 Å². The van der Waals surface area contributed by atoms with Crippen LogP contribution in [0.5, 0.6) is 0 Å². The van der Waals surface area contributed by atoms with E-state index in [1.165, 1.54) is 31.1 Å². The van der Waals surface area contributed by atoms with Crippen molar-refractivity contribution in [3.63, 3.8) is 0 Å². The van der Waals surface area contributed by atoms with Crippen LogP contribution in [0.2, 0.25) is 5.82 Å². The van der Waals surface area contributed by atoms with Crippen molar-refractivity contribution in [1.29, 1.82) is 0 Å². The summed E-state index contributed by atoms with van der Waals surface area (Å²) < 4.78 is 0. The summed E-state index contributed by atoms with van der Waals surface area (Å²) in [6, 6.07) is 10.7. The van der Waals surface area contributed by atoms with Crippen molar-refractivity contribution < 1.29 is 11.0 Å². The molecule has 14 heavy (non-hydrogen) atoms. The second-order valence-electron chi connectivity index (χ2n) is 3.62. The smallest absolute Gasteiger partial charge is 0.154 e. The first kappa shape index (κ1) is 13.2. The fourth-order valence-electron chi connectivity index (χ4n) is 1.96. The molecule has 0 aromatic heterocycles. The molecule has 0 amide bonds. The molecule has 2 rings (SSSR count). The van der Waals surface area contributed by atoms with E-state index in [0.29, 0.717) is 0 Å². The summed E-state index contributed by atoms with van der Waals surface area (Å²) in [6.07, 6.45) is 5.64. The Labute approximate surface area is 86.2 Å². The first-order valence-electron chi connectivity index (χ1n) is 4.85. The Bertz CT molecular complexity index is 232. The third-order valence-electron chi connectivity index (χ3n) is 2.63. The van der Waals surface area contributed by atoms with Gasteiger partial charge in [-0.15, -0.1) is 0 Å². The lowest BCUT2D eigenvalue weighted by molar-refractivity contribution is 0.823. The van der Waals surface area contributed by atoms with Crippen molar-refractivity contribution in [2.24, 2.45) is 0 Å². The van der Waals surface area contributed by atoms with E-state index < -0.39 is 0 Å². The third-order valence-corrected chi connectivity index (χ3v) is 2.63. The Kier molecular flexibility index (Phi) is 6.25. The lowest BCUT2D eigenvalue weighted by Crippen LogP contribution is -2.17. The van der Waals surface area contributed by atoms with Crippen LogP contribution in [0.3, 0.4) is 0 Å². The van der Waals surface area contributed by atoms with Gasteiger partial charge >= 0.3 is 0 Å². The molecule has 1 aliphatic rings. The molecule has 0 saturated heterocycles. The minimum atomic E-state index is 0. The van der Waals surface area contributed by atoms with Crippen molar-refractivity contribution >= 4 is 12.7 Å². The lowest BCUT2D eigenvalue weighted by Gasteiger charge is -2.05. The molecule has 0 heterocycles. The van der Waals surface area contributed by atoms with Crippen molar-refractivity contribution in [3.05, 3.63) is 30.3 Å². The van der Waals surface area contributed by atoms with Gasteiger partial charge in [0.15, 0.2) is 7.28 Å². The van der Waals surface area contributed by atoms with Gasteiger partial charge in [0.05, 0.1) is 0 Å². The zero-order valence-electron chi connectivity index (χ0n) is 8.37. The Morgan fingerprint density at radius 3 is 2.07 bits per heavy atom. The van der Waals surface area contributed by atoms with E-state index >= 15 is 0 Å². The van der Waals surface area contributed by atoms with Crippen molar-refractivity contribution in [3.8, 4) is 0 Å². The highest BCUT2D eigenvalue weighted by Crippen LogP contribution is 2.28. The average molecular weight is 193 g/mol. The Hall–Kier alpha value is -0.795. The van der Waals surface area contributed by atoms with Crippen LogP contribution in [0.4, 0.5) is 0 Å². The van der Waals surface area contributed by atoms with Crippen LogP contribution in [0, 0.1) is 0 Å². The minimum absolute atomic E-state index is 0. The zero-order valence-corrected chi connectivity index (χ0v) is 8.37. The molecule has 0 bridgehead atoms. The quantitative estimate of drug-likeness (QED) is 0.621. The molecule has 2 nitrogen and oxygen atoms in total. The predicted molar refractivity (Wildman–Crippen MR) is 61.3 cm³/mol. The van der Waals surface area contributed by atoms with Crippen molar-refractivity contribution in [2.75, 3.05) is 0 Å². The molecular weight excluding hydrogens is 175 g/mol. The predicted octanol–water partition coefficient (Wildman–Crippen LogP) is 0.729. The maximum absolute atomic E-state index is 2.42. The van der Waals surface area contributed by atoms with Gasteiger partial charge in [-0.2, -0.15) is 0 Å². The van der Waals surface area contributed by atoms with Crippen LogP contribution < -0.4 is 5.46 Å². The van der Waals surface area contributed by atoms with Gasteiger partial charge in [-0.25, -0.2) is 0 Å². The maximum Gasteiger partial charge on any atom is 0.154 e. The van der Waals surface area contributed by atoms with Gasteiger partial charge in [0, 0.05) is 0 Å². The molecular formula is C11H18BO2. The fraction of sp³-hybridized carbons (Fsp3) is 0.455. The molecule has 3 heteroatoms. The number of benzene rings is 1. The Balaban J connectivity index is 0.000000845. The Morgan fingerprint density at radius 2 is 1.50 bits per heavy atom. The van der Waals surface area contributed by atoms with Gasteiger partial charge in [0.1, 0.15) is 0 Å². The van der Waals surface area contributed by atoms with E-state index in [-0.39, 0.29) is 11.0 Å². The van der Waals surface area contributed by atoms with Gasteiger partial charge in [0.25, 0.3) is 0 Å². The molecule has 0 spiro atoms. The summed E-state index contributed by atoms with van der Waals surface area (Å²) in [5, 5.41) is 0. The summed E-state index contributed by atoms with van der Waals surface area (Å²) >= 11 is 0. The van der Waals surface area contributed by atoms with Crippen molar-refractivity contribution in [1.82, 2.24) is 0 Å². The summed E-state index contributed by atoms with van der Waals surface area (Å²) in [5.41, 5.74) is 1.39. The standard InChI is InChI=1S/C11H14B.2H2O/c1-2-6-10(7-3-1)12-11-8-4-5-9-11;;/h1-3,6-7,11H,4-5,8-9H2;2*1H2. The highest BCUT2D eigenvalue weighted by Gasteiger charge is 2.15. The highest BCUT2D eigenvalue weighted by atomic mass is 16.0. The van der Waals surface area contributed by atoms with Gasteiger partial charge < -0.3 is 11.0 Å². The van der Waals surface area contributed by atoms with Crippen LogP contribution in [0.25, 0.3) is 0 Å². The molecule has 1 saturated carbocycles. The van der Waals surface area contributed by atoms with Crippen LogP contribution in [-0.2, 0) is 0 Å². The van der Waals surface area contributed by atoms with E-state index in [0.717, 1.165) is 5.82 Å². The van der Waals surface area contributed by atoms with E-state index in [2.05, 4.69) is 37.6 Å². The summed E-state index contributed by atoms with van der Waals surface area (Å²) in [5.74, 6) is 0.854. The molecule has 4 N–H and O–H groups in total. The fourth-order valence-corrected chi connectivity index (χ4v) is 1.96. The van der Waals surface area contributed by atoms with Crippen LogP contribution >= 0.6 is 0 Å². The second-order valence-corrected chi connectivity index (χ2v) is 3.62. The molecule has 1 aliphatic carbocycles. The second kappa shape index (κ2) is 6.63. The van der Waals surface area contributed by atoms with Gasteiger partial charge in [0.2, 0.25) is 0 Å². The molecule has 0 atom stereocenters. The SMILES string of the molecule is O.O.[B](c1ccccc1)C1CCCC1. The molecule has 1 aromatic rings. The van der Waals surface area contributed by atoms with Gasteiger partial charge in [-0.05, 0) is 0 Å². The first-order chi connectivity index (χ1) is 5.95. The summed E-state index contributed by atoms with van der Waals surface area (Å²) in [7, 11) is 2.42. The van der Waals surface area contributed by atoms with E-state index in [4.69, 9.17) is 0 Å². The molecule has 1 aromatic carbocycles. The van der Waals surface area contributed by atoms with Crippen molar-refractivity contribution in [2.45, 2.75) is 31.5 Å². The number of rotatable bonds is 2. The zero-order chi connectivity index (χ0) is 8.23. The van der Waals surface area contributed by atoms with Gasteiger partial charge in [-0.1, -0.05) is 67.3 Å². The molecule has 0 unspecified atom stereocenters. The number of hydrogen-bond donors (Lipinski definition) is 0.